The van der Waals surface area contributed by atoms with Crippen molar-refractivity contribution in [2.45, 2.75) is 33.1 Å². The average Bonchev–Trinajstić information content (AvgIpc) is 2.68. The van der Waals surface area contributed by atoms with Crippen molar-refractivity contribution in [2.24, 2.45) is 11.3 Å². The number of rotatable bonds is 3. The Bertz CT molecular complexity index is 554. The Balaban J connectivity index is 2.24. The second-order valence-electron chi connectivity index (χ2n) is 5.92. The van der Waals surface area contributed by atoms with Crippen molar-refractivity contribution in [2.75, 3.05) is 5.32 Å². The number of amides is 1. The number of aromatic carboxylic acids is 1. The number of carbonyl (C=O) groups excluding carboxylic acids is 1. The molecule has 1 aliphatic carbocycles. The Kier molecular flexibility index (Phi) is 4.04. The minimum atomic E-state index is -1.08. The molecular weight excluding hydrogens is 278 g/mol. The fraction of sp³-hybridized carbons (Fsp3) is 0.467. The Morgan fingerprint density at radius 1 is 1.40 bits per heavy atom. The molecule has 1 aromatic carbocycles. The third-order valence-electron chi connectivity index (χ3n) is 4.04. The van der Waals surface area contributed by atoms with Crippen LogP contribution in [0.1, 0.15) is 43.5 Å². The van der Waals surface area contributed by atoms with Gasteiger partial charge in [-0.25, -0.2) is 4.79 Å². The Morgan fingerprint density at radius 2 is 2.10 bits per heavy atom. The second kappa shape index (κ2) is 5.44. The number of hydrogen-bond donors (Lipinski definition) is 2. The van der Waals surface area contributed by atoms with Gasteiger partial charge >= 0.3 is 5.97 Å². The summed E-state index contributed by atoms with van der Waals surface area (Å²) in [5, 5.41) is 12.3. The first-order valence-corrected chi connectivity index (χ1v) is 7.03. The van der Waals surface area contributed by atoms with E-state index in [9.17, 15) is 9.59 Å². The molecule has 1 aliphatic rings. The monoisotopic (exact) mass is 295 g/mol. The van der Waals surface area contributed by atoms with Crippen LogP contribution >= 0.6 is 11.6 Å². The van der Waals surface area contributed by atoms with E-state index in [4.69, 9.17) is 16.7 Å². The summed E-state index contributed by atoms with van der Waals surface area (Å²) < 4.78 is 0. The first kappa shape index (κ1) is 14.9. The molecule has 1 saturated carbocycles. The fourth-order valence-electron chi connectivity index (χ4n) is 2.84. The zero-order chi connectivity index (χ0) is 14.9. The van der Waals surface area contributed by atoms with Gasteiger partial charge in [0.15, 0.2) is 0 Å². The van der Waals surface area contributed by atoms with Crippen molar-refractivity contribution < 1.29 is 14.7 Å². The van der Waals surface area contributed by atoms with Crippen molar-refractivity contribution in [1.82, 2.24) is 0 Å². The molecule has 0 heterocycles. The van der Waals surface area contributed by atoms with Gasteiger partial charge in [0.2, 0.25) is 5.91 Å². The standard InChI is InChI=1S/C15H18ClNO3/c1-15(2)7-3-4-11(15)13(18)17-12-8-9(16)5-6-10(12)14(19)20/h5-6,8,11H,3-4,7H2,1-2H3,(H,17,18)(H,19,20). The van der Waals surface area contributed by atoms with Crippen LogP contribution in [-0.2, 0) is 4.79 Å². The lowest BCUT2D eigenvalue weighted by atomic mass is 9.81. The molecule has 0 aliphatic heterocycles. The summed E-state index contributed by atoms with van der Waals surface area (Å²) in [5.74, 6) is -1.30. The lowest BCUT2D eigenvalue weighted by Gasteiger charge is -2.26. The molecule has 5 heteroatoms. The lowest BCUT2D eigenvalue weighted by Crippen LogP contribution is -2.31. The highest BCUT2D eigenvalue weighted by Crippen LogP contribution is 2.43. The number of carboxylic acid groups (broad SMARTS) is 1. The number of carboxylic acids is 1. The van der Waals surface area contributed by atoms with Gasteiger partial charge in [-0.15, -0.1) is 0 Å². The molecule has 4 nitrogen and oxygen atoms in total. The normalized spacial score (nSPS) is 20.6. The molecule has 2 rings (SSSR count). The average molecular weight is 296 g/mol. The Labute approximate surface area is 123 Å². The van der Waals surface area contributed by atoms with Crippen LogP contribution in [0.5, 0.6) is 0 Å². The van der Waals surface area contributed by atoms with Crippen molar-refractivity contribution in [3.8, 4) is 0 Å². The van der Waals surface area contributed by atoms with Crippen LogP contribution in [0.25, 0.3) is 0 Å². The van der Waals surface area contributed by atoms with E-state index >= 15 is 0 Å². The minimum absolute atomic E-state index is 0.0496. The maximum absolute atomic E-state index is 12.4. The maximum atomic E-state index is 12.4. The summed E-state index contributed by atoms with van der Waals surface area (Å²) in [7, 11) is 0. The van der Waals surface area contributed by atoms with Crippen molar-refractivity contribution in [1.29, 1.82) is 0 Å². The number of carbonyl (C=O) groups is 2. The van der Waals surface area contributed by atoms with Gasteiger partial charge in [0.25, 0.3) is 0 Å². The summed E-state index contributed by atoms with van der Waals surface area (Å²) in [6.45, 7) is 4.14. The molecule has 108 valence electrons. The second-order valence-corrected chi connectivity index (χ2v) is 6.35. The third kappa shape index (κ3) is 2.96. The molecule has 0 spiro atoms. The quantitative estimate of drug-likeness (QED) is 0.891. The largest absolute Gasteiger partial charge is 0.478 e. The maximum Gasteiger partial charge on any atom is 0.337 e. The van der Waals surface area contributed by atoms with Crippen LogP contribution < -0.4 is 5.32 Å². The smallest absolute Gasteiger partial charge is 0.337 e. The van der Waals surface area contributed by atoms with Crippen LogP contribution in [-0.4, -0.2) is 17.0 Å². The van der Waals surface area contributed by atoms with E-state index in [1.807, 2.05) is 0 Å². The first-order valence-electron chi connectivity index (χ1n) is 6.65. The van der Waals surface area contributed by atoms with E-state index < -0.39 is 5.97 Å². The van der Waals surface area contributed by atoms with E-state index in [1.165, 1.54) is 18.2 Å². The molecule has 20 heavy (non-hydrogen) atoms. The SMILES string of the molecule is CC1(C)CCCC1C(=O)Nc1cc(Cl)ccc1C(=O)O. The fourth-order valence-corrected chi connectivity index (χ4v) is 3.01. The number of anilines is 1. The Morgan fingerprint density at radius 3 is 2.65 bits per heavy atom. The Hall–Kier alpha value is -1.55. The molecule has 0 radical (unpaired) electrons. The highest BCUT2D eigenvalue weighted by molar-refractivity contribution is 6.31. The van der Waals surface area contributed by atoms with Gasteiger partial charge in [0, 0.05) is 10.9 Å². The first-order chi connectivity index (χ1) is 9.31. The third-order valence-corrected chi connectivity index (χ3v) is 4.28. The molecule has 0 bridgehead atoms. The van der Waals surface area contributed by atoms with Crippen molar-refractivity contribution in [3.63, 3.8) is 0 Å². The van der Waals surface area contributed by atoms with Crippen LogP contribution in [0.3, 0.4) is 0 Å². The number of halogens is 1. The summed E-state index contributed by atoms with van der Waals surface area (Å²) in [4.78, 5) is 23.5. The summed E-state index contributed by atoms with van der Waals surface area (Å²) in [6, 6.07) is 4.38. The van der Waals surface area contributed by atoms with Crippen LogP contribution in [0, 0.1) is 11.3 Å². The van der Waals surface area contributed by atoms with E-state index in [-0.39, 0.29) is 28.5 Å². The molecule has 0 aromatic heterocycles. The summed E-state index contributed by atoms with van der Waals surface area (Å²) in [6.07, 6.45) is 2.86. The van der Waals surface area contributed by atoms with Crippen LogP contribution in [0.4, 0.5) is 5.69 Å². The highest BCUT2D eigenvalue weighted by atomic mass is 35.5. The van der Waals surface area contributed by atoms with Gasteiger partial charge in [-0.1, -0.05) is 31.9 Å². The molecule has 1 amide bonds. The van der Waals surface area contributed by atoms with Gasteiger partial charge in [-0.05, 0) is 36.5 Å². The van der Waals surface area contributed by atoms with E-state index in [0.717, 1.165) is 19.3 Å². The molecule has 1 unspecified atom stereocenters. The molecule has 0 saturated heterocycles. The van der Waals surface area contributed by atoms with Gasteiger partial charge in [0.1, 0.15) is 0 Å². The number of benzene rings is 1. The molecule has 1 fully saturated rings. The van der Waals surface area contributed by atoms with E-state index in [2.05, 4.69) is 19.2 Å². The van der Waals surface area contributed by atoms with Gasteiger partial charge in [-0.3, -0.25) is 4.79 Å². The minimum Gasteiger partial charge on any atom is -0.478 e. The van der Waals surface area contributed by atoms with Crippen LogP contribution in [0.15, 0.2) is 18.2 Å². The molecular formula is C15H18ClNO3. The van der Waals surface area contributed by atoms with Crippen LogP contribution in [0.2, 0.25) is 5.02 Å². The predicted octanol–water partition coefficient (Wildman–Crippen LogP) is 3.80. The van der Waals surface area contributed by atoms with E-state index in [1.54, 1.807) is 0 Å². The lowest BCUT2D eigenvalue weighted by molar-refractivity contribution is -0.122. The van der Waals surface area contributed by atoms with Gasteiger partial charge in [0.05, 0.1) is 11.3 Å². The predicted molar refractivity (Wildman–Crippen MR) is 78.2 cm³/mol. The topological polar surface area (TPSA) is 66.4 Å². The summed E-state index contributed by atoms with van der Waals surface area (Å²) in [5.41, 5.74) is 0.266. The van der Waals surface area contributed by atoms with Crippen molar-refractivity contribution >= 4 is 29.2 Å². The van der Waals surface area contributed by atoms with Crippen molar-refractivity contribution in [3.05, 3.63) is 28.8 Å². The van der Waals surface area contributed by atoms with E-state index in [0.29, 0.717) is 5.02 Å². The molecule has 1 atom stereocenters. The van der Waals surface area contributed by atoms with Gasteiger partial charge < -0.3 is 10.4 Å². The highest BCUT2D eigenvalue weighted by Gasteiger charge is 2.39. The zero-order valence-corrected chi connectivity index (χ0v) is 12.3. The molecule has 2 N–H and O–H groups in total. The number of nitrogens with one attached hydrogen (secondary N) is 1. The summed E-state index contributed by atoms with van der Waals surface area (Å²) >= 11 is 5.88. The number of hydrogen-bond acceptors (Lipinski definition) is 2. The van der Waals surface area contributed by atoms with Gasteiger partial charge in [-0.2, -0.15) is 0 Å². The molecule has 1 aromatic rings. The zero-order valence-electron chi connectivity index (χ0n) is 11.6.